The van der Waals surface area contributed by atoms with Crippen LogP contribution in [-0.4, -0.2) is 31.2 Å². The number of aliphatic hydroxyl groups excluding tert-OH is 1. The molecule has 0 radical (unpaired) electrons. The SMILES string of the molecule is Cc1ccc2nc(N3C(=O)C(=O)/C(=C(/O)c4nc5c(C)cccn5c4C)C3c3ccccc3F)sc2c1. The van der Waals surface area contributed by atoms with Crippen LogP contribution in [-0.2, 0) is 9.59 Å². The Balaban J connectivity index is 1.62. The molecule has 4 heterocycles. The zero-order valence-corrected chi connectivity index (χ0v) is 21.0. The summed E-state index contributed by atoms with van der Waals surface area (Å²) in [6, 6.07) is 14.1. The number of pyridine rings is 1. The first kappa shape index (κ1) is 23.1. The fourth-order valence-electron chi connectivity index (χ4n) is 4.82. The molecule has 1 unspecified atom stereocenters. The summed E-state index contributed by atoms with van der Waals surface area (Å²) < 4.78 is 17.8. The molecule has 5 aromatic rings. The summed E-state index contributed by atoms with van der Waals surface area (Å²) >= 11 is 1.23. The molecule has 0 saturated carbocycles. The molecular weight excluding hydrogens is 491 g/mol. The van der Waals surface area contributed by atoms with E-state index in [1.165, 1.54) is 34.4 Å². The van der Waals surface area contributed by atoms with Gasteiger partial charge in [-0.2, -0.15) is 0 Å². The van der Waals surface area contributed by atoms with E-state index < -0.39 is 29.3 Å². The summed E-state index contributed by atoms with van der Waals surface area (Å²) in [7, 11) is 0. The molecule has 1 fully saturated rings. The number of imidazole rings is 1. The third kappa shape index (κ3) is 3.46. The Hall–Kier alpha value is -4.37. The molecule has 1 atom stereocenters. The summed E-state index contributed by atoms with van der Waals surface area (Å²) in [6.45, 7) is 5.60. The van der Waals surface area contributed by atoms with Gasteiger partial charge in [0, 0.05) is 11.8 Å². The van der Waals surface area contributed by atoms with Gasteiger partial charge in [-0.1, -0.05) is 41.7 Å². The molecular formula is C28H21FN4O3S. The maximum Gasteiger partial charge on any atom is 0.301 e. The van der Waals surface area contributed by atoms with Crippen molar-refractivity contribution in [3.05, 3.63) is 100 Å². The zero-order valence-electron chi connectivity index (χ0n) is 20.2. The molecule has 2 aromatic carbocycles. The van der Waals surface area contributed by atoms with E-state index in [1.54, 1.807) is 23.6 Å². The number of amides is 1. The Labute approximate surface area is 215 Å². The molecule has 0 spiro atoms. The number of nitrogens with zero attached hydrogens (tertiary/aromatic N) is 4. The van der Waals surface area contributed by atoms with Gasteiger partial charge in [0.05, 0.1) is 21.5 Å². The maximum atomic E-state index is 15.2. The topological polar surface area (TPSA) is 87.8 Å². The molecule has 1 aliphatic heterocycles. The van der Waals surface area contributed by atoms with Crippen molar-refractivity contribution in [2.75, 3.05) is 4.90 Å². The van der Waals surface area contributed by atoms with Crippen LogP contribution in [0.3, 0.4) is 0 Å². The first-order valence-electron chi connectivity index (χ1n) is 11.6. The lowest BCUT2D eigenvalue weighted by molar-refractivity contribution is -0.132. The number of fused-ring (bicyclic) bond motifs is 2. The highest BCUT2D eigenvalue weighted by Crippen LogP contribution is 2.45. The van der Waals surface area contributed by atoms with Crippen molar-refractivity contribution in [3.63, 3.8) is 0 Å². The third-order valence-electron chi connectivity index (χ3n) is 6.69. The van der Waals surface area contributed by atoms with Crippen LogP contribution in [0.15, 0.2) is 66.4 Å². The second-order valence-corrected chi connectivity index (χ2v) is 10.1. The van der Waals surface area contributed by atoms with E-state index in [1.807, 2.05) is 44.2 Å². The van der Waals surface area contributed by atoms with Crippen LogP contribution >= 0.6 is 11.3 Å². The highest BCUT2D eigenvalue weighted by atomic mass is 32.1. The van der Waals surface area contributed by atoms with Crippen molar-refractivity contribution in [1.82, 2.24) is 14.4 Å². The van der Waals surface area contributed by atoms with E-state index in [9.17, 15) is 14.7 Å². The average molecular weight is 513 g/mol. The lowest BCUT2D eigenvalue weighted by atomic mass is 9.96. The number of Topliss-reactive ketones (excluding diaryl/α,β-unsaturated/α-hetero) is 1. The van der Waals surface area contributed by atoms with Crippen molar-refractivity contribution >= 4 is 49.8 Å². The number of halogens is 1. The van der Waals surface area contributed by atoms with Crippen molar-refractivity contribution < 1.29 is 19.1 Å². The Kier molecular flexibility index (Phi) is 5.20. The number of aryl methyl sites for hydroxylation is 3. The van der Waals surface area contributed by atoms with Gasteiger partial charge in [-0.25, -0.2) is 14.4 Å². The molecule has 0 bridgehead atoms. The van der Waals surface area contributed by atoms with Gasteiger partial charge in [-0.05, 0) is 56.2 Å². The molecule has 1 N–H and O–H groups in total. The number of hydrogen-bond acceptors (Lipinski definition) is 6. The van der Waals surface area contributed by atoms with Crippen molar-refractivity contribution in [3.8, 4) is 0 Å². The van der Waals surface area contributed by atoms with Gasteiger partial charge >= 0.3 is 5.91 Å². The minimum Gasteiger partial charge on any atom is -0.505 e. The Morgan fingerprint density at radius 2 is 1.81 bits per heavy atom. The standard InChI is InChI=1S/C28H21FN4O3S/c1-14-10-11-19-20(13-14)37-28(30-19)33-23(17-8-4-5-9-18(17)29)21(25(35)27(33)36)24(34)22-16(3)32-12-6-7-15(2)26(32)31-22/h4-13,23,34H,1-3H3/b24-21+. The van der Waals surface area contributed by atoms with Crippen LogP contribution in [0.5, 0.6) is 0 Å². The number of anilines is 1. The van der Waals surface area contributed by atoms with E-state index in [-0.39, 0.29) is 22.0 Å². The number of thiazole rings is 1. The van der Waals surface area contributed by atoms with Gasteiger partial charge < -0.3 is 9.51 Å². The number of benzene rings is 2. The lowest BCUT2D eigenvalue weighted by Crippen LogP contribution is -2.29. The molecule has 6 rings (SSSR count). The fraction of sp³-hybridized carbons (Fsp3) is 0.143. The number of hydrogen-bond donors (Lipinski definition) is 1. The molecule has 1 amide bonds. The van der Waals surface area contributed by atoms with Crippen LogP contribution in [0.4, 0.5) is 9.52 Å². The summed E-state index contributed by atoms with van der Waals surface area (Å²) in [5.74, 6) is -2.87. The largest absolute Gasteiger partial charge is 0.505 e. The Morgan fingerprint density at radius 3 is 2.57 bits per heavy atom. The van der Waals surface area contributed by atoms with Gasteiger partial charge in [0.15, 0.2) is 10.9 Å². The first-order chi connectivity index (χ1) is 17.8. The van der Waals surface area contributed by atoms with Crippen molar-refractivity contribution in [2.45, 2.75) is 26.8 Å². The molecule has 7 nitrogen and oxygen atoms in total. The minimum atomic E-state index is -1.21. The predicted octanol–water partition coefficient (Wildman–Crippen LogP) is 5.63. The van der Waals surface area contributed by atoms with Gasteiger partial charge in [-0.3, -0.25) is 14.5 Å². The minimum absolute atomic E-state index is 0.0799. The predicted molar refractivity (Wildman–Crippen MR) is 140 cm³/mol. The third-order valence-corrected chi connectivity index (χ3v) is 7.71. The molecule has 0 aliphatic carbocycles. The Bertz CT molecular complexity index is 1800. The molecule has 184 valence electrons. The molecule has 1 aliphatic rings. The van der Waals surface area contributed by atoms with Crippen LogP contribution < -0.4 is 4.90 Å². The van der Waals surface area contributed by atoms with E-state index >= 15 is 4.39 Å². The summed E-state index contributed by atoms with van der Waals surface area (Å²) in [5, 5.41) is 11.8. The van der Waals surface area contributed by atoms with E-state index in [0.717, 1.165) is 15.8 Å². The zero-order chi connectivity index (χ0) is 26.0. The second kappa shape index (κ2) is 8.35. The fourth-order valence-corrected chi connectivity index (χ4v) is 5.91. The number of aliphatic hydroxyl groups is 1. The lowest BCUT2D eigenvalue weighted by Gasteiger charge is -2.23. The van der Waals surface area contributed by atoms with E-state index in [4.69, 9.17) is 0 Å². The van der Waals surface area contributed by atoms with Crippen LogP contribution in [0.25, 0.3) is 21.6 Å². The number of aromatic nitrogens is 3. The maximum absolute atomic E-state index is 15.2. The van der Waals surface area contributed by atoms with Gasteiger partial charge in [0.1, 0.15) is 23.2 Å². The molecule has 9 heteroatoms. The van der Waals surface area contributed by atoms with Gasteiger partial charge in [-0.15, -0.1) is 0 Å². The summed E-state index contributed by atoms with van der Waals surface area (Å²) in [6.07, 6.45) is 1.80. The highest BCUT2D eigenvalue weighted by Gasteiger charge is 2.49. The van der Waals surface area contributed by atoms with Crippen LogP contribution in [0.2, 0.25) is 0 Å². The molecule has 1 saturated heterocycles. The number of rotatable bonds is 3. The molecule has 37 heavy (non-hydrogen) atoms. The van der Waals surface area contributed by atoms with Crippen LogP contribution in [0.1, 0.15) is 34.1 Å². The van der Waals surface area contributed by atoms with E-state index in [0.29, 0.717) is 16.9 Å². The Morgan fingerprint density at radius 1 is 1.03 bits per heavy atom. The van der Waals surface area contributed by atoms with Gasteiger partial charge in [0.2, 0.25) is 0 Å². The second-order valence-electron chi connectivity index (χ2n) is 9.09. The monoisotopic (exact) mass is 512 g/mol. The van der Waals surface area contributed by atoms with Crippen molar-refractivity contribution in [1.29, 1.82) is 0 Å². The van der Waals surface area contributed by atoms with Gasteiger partial charge in [0.25, 0.3) is 5.78 Å². The first-order valence-corrected chi connectivity index (χ1v) is 12.4. The number of carbonyl (C=O) groups excluding carboxylic acids is 2. The number of carbonyl (C=O) groups is 2. The quantitative estimate of drug-likeness (QED) is 0.192. The summed E-state index contributed by atoms with van der Waals surface area (Å²) in [4.78, 5) is 37.3. The number of ketones is 1. The summed E-state index contributed by atoms with van der Waals surface area (Å²) in [5.41, 5.74) is 3.77. The normalized spacial score (nSPS) is 17.4. The molecule has 3 aromatic heterocycles. The van der Waals surface area contributed by atoms with Crippen molar-refractivity contribution in [2.24, 2.45) is 0 Å². The average Bonchev–Trinajstić information content (AvgIpc) is 3.52. The van der Waals surface area contributed by atoms with E-state index in [2.05, 4.69) is 9.97 Å². The van der Waals surface area contributed by atoms with Crippen LogP contribution in [0, 0.1) is 26.6 Å². The smallest absolute Gasteiger partial charge is 0.301 e. The highest BCUT2D eigenvalue weighted by molar-refractivity contribution is 7.22.